The quantitative estimate of drug-likeness (QED) is 0.528. The average Bonchev–Trinajstić information content (AvgIpc) is 2.72. The minimum absolute atomic E-state index is 0. The Balaban J connectivity index is 0.00000320. The molecule has 6 nitrogen and oxygen atoms in total. The van der Waals surface area contributed by atoms with Gasteiger partial charge in [0.05, 0.1) is 18.8 Å². The number of esters is 1. The van der Waals surface area contributed by atoms with Gasteiger partial charge in [-0.25, -0.2) is 4.79 Å². The number of aliphatic hydroxyl groups excluding tert-OH is 2. The van der Waals surface area contributed by atoms with E-state index < -0.39 is 18.2 Å². The number of aryl methyl sites for hydroxylation is 1. The molecule has 0 fully saturated rings. The molecule has 3 N–H and O–H groups in total. The minimum Gasteiger partial charge on any atom is -0.482 e. The summed E-state index contributed by atoms with van der Waals surface area (Å²) in [4.78, 5) is 11.5. The Kier molecular flexibility index (Phi) is 9.39. The Morgan fingerprint density at radius 2 is 2.10 bits per heavy atom. The third kappa shape index (κ3) is 6.33. The lowest BCUT2D eigenvalue weighted by molar-refractivity contribution is -0.145. The van der Waals surface area contributed by atoms with Gasteiger partial charge >= 0.3 is 5.97 Å². The zero-order valence-electron chi connectivity index (χ0n) is 16.7. The number of carbonyl (C=O) groups is 1. The van der Waals surface area contributed by atoms with E-state index in [1.807, 2.05) is 12.1 Å². The summed E-state index contributed by atoms with van der Waals surface area (Å²) < 4.78 is 10.3. The van der Waals surface area contributed by atoms with E-state index in [9.17, 15) is 15.0 Å². The number of nitrogens with one attached hydrogen (secondary N) is 1. The molecular formula is C22H27Cl2NO5. The van der Waals surface area contributed by atoms with Crippen LogP contribution in [0.5, 0.6) is 5.75 Å². The first-order valence-corrected chi connectivity index (χ1v) is 10.1. The number of hydrogen-bond donors (Lipinski definition) is 3. The van der Waals surface area contributed by atoms with E-state index in [4.69, 9.17) is 21.1 Å². The van der Waals surface area contributed by atoms with Crippen molar-refractivity contribution in [1.82, 2.24) is 5.32 Å². The van der Waals surface area contributed by atoms with E-state index in [0.29, 0.717) is 23.9 Å². The molecule has 8 heteroatoms. The van der Waals surface area contributed by atoms with Gasteiger partial charge in [-0.05, 0) is 60.7 Å². The summed E-state index contributed by atoms with van der Waals surface area (Å²) in [5.74, 6) is 0.0794. The van der Waals surface area contributed by atoms with Gasteiger partial charge in [-0.3, -0.25) is 0 Å². The molecule has 0 amide bonds. The van der Waals surface area contributed by atoms with E-state index in [1.165, 1.54) is 0 Å². The summed E-state index contributed by atoms with van der Waals surface area (Å²) >= 11 is 5.98. The molecule has 2 aromatic rings. The van der Waals surface area contributed by atoms with Crippen molar-refractivity contribution in [1.29, 1.82) is 0 Å². The van der Waals surface area contributed by atoms with Crippen molar-refractivity contribution in [2.75, 3.05) is 19.8 Å². The first-order chi connectivity index (χ1) is 14.0. The Bertz CT molecular complexity index is 848. The molecule has 0 radical (unpaired) electrons. The van der Waals surface area contributed by atoms with Gasteiger partial charge in [-0.2, -0.15) is 0 Å². The highest BCUT2D eigenvalue weighted by Crippen LogP contribution is 2.33. The van der Waals surface area contributed by atoms with Crippen LogP contribution in [-0.2, 0) is 16.0 Å². The van der Waals surface area contributed by atoms with E-state index in [0.717, 1.165) is 29.5 Å². The molecule has 0 heterocycles. The normalized spacial score (nSPS) is 18.7. The number of halogens is 2. The largest absolute Gasteiger partial charge is 0.482 e. The molecule has 2 aromatic carbocycles. The van der Waals surface area contributed by atoms with Crippen LogP contribution in [0.15, 0.2) is 42.5 Å². The fraction of sp³-hybridized carbons (Fsp3) is 0.409. The number of hydrogen-bond acceptors (Lipinski definition) is 6. The molecule has 3 rings (SSSR count). The molecule has 3 atom stereocenters. The Labute approximate surface area is 187 Å². The van der Waals surface area contributed by atoms with Crippen LogP contribution in [0.1, 0.15) is 42.2 Å². The van der Waals surface area contributed by atoms with E-state index in [1.54, 1.807) is 37.3 Å². The molecule has 164 valence electrons. The number of benzene rings is 2. The highest BCUT2D eigenvalue weighted by atomic mass is 35.5. The monoisotopic (exact) mass is 455 g/mol. The lowest BCUT2D eigenvalue weighted by atomic mass is 9.85. The van der Waals surface area contributed by atoms with Gasteiger partial charge in [0.25, 0.3) is 0 Å². The first kappa shape index (κ1) is 24.4. The van der Waals surface area contributed by atoms with Crippen molar-refractivity contribution in [2.24, 2.45) is 0 Å². The third-order valence-electron chi connectivity index (χ3n) is 5.01. The summed E-state index contributed by atoms with van der Waals surface area (Å²) in [6.07, 6.45) is 0.0903. The molecule has 0 aromatic heterocycles. The zero-order valence-corrected chi connectivity index (χ0v) is 18.3. The molecule has 2 unspecified atom stereocenters. The maximum absolute atomic E-state index is 11.5. The molecule has 1 aliphatic carbocycles. The van der Waals surface area contributed by atoms with Gasteiger partial charge in [-0.15, -0.1) is 12.4 Å². The zero-order chi connectivity index (χ0) is 20.8. The molecule has 30 heavy (non-hydrogen) atoms. The smallest absolute Gasteiger partial charge is 0.344 e. The van der Waals surface area contributed by atoms with E-state index in [-0.39, 0.29) is 25.1 Å². The lowest BCUT2D eigenvalue weighted by Crippen LogP contribution is -2.40. The van der Waals surface area contributed by atoms with Crippen molar-refractivity contribution < 1.29 is 24.5 Å². The van der Waals surface area contributed by atoms with Gasteiger partial charge in [0.1, 0.15) is 5.75 Å². The topological polar surface area (TPSA) is 88.0 Å². The van der Waals surface area contributed by atoms with Gasteiger partial charge < -0.3 is 25.0 Å². The van der Waals surface area contributed by atoms with Crippen LogP contribution in [0.4, 0.5) is 0 Å². The van der Waals surface area contributed by atoms with Gasteiger partial charge in [0.2, 0.25) is 0 Å². The molecule has 0 saturated heterocycles. The molecule has 0 saturated carbocycles. The van der Waals surface area contributed by atoms with Crippen molar-refractivity contribution in [3.05, 3.63) is 64.2 Å². The van der Waals surface area contributed by atoms with Crippen LogP contribution in [0.3, 0.4) is 0 Å². The fourth-order valence-electron chi connectivity index (χ4n) is 3.50. The predicted molar refractivity (Wildman–Crippen MR) is 117 cm³/mol. The molecule has 0 bridgehead atoms. The van der Waals surface area contributed by atoms with Crippen LogP contribution in [-0.4, -0.2) is 42.0 Å². The molecule has 0 spiro atoms. The molecule has 0 aliphatic heterocycles. The highest BCUT2D eigenvalue weighted by molar-refractivity contribution is 6.30. The second kappa shape index (κ2) is 11.5. The summed E-state index contributed by atoms with van der Waals surface area (Å²) in [5.41, 5.74) is 2.55. The average molecular weight is 456 g/mol. The number of fused-ring (bicyclic) bond motifs is 1. The number of rotatable bonds is 8. The Morgan fingerprint density at radius 1 is 1.30 bits per heavy atom. The van der Waals surface area contributed by atoms with Crippen molar-refractivity contribution >= 4 is 30.0 Å². The Morgan fingerprint density at radius 3 is 2.83 bits per heavy atom. The fourth-order valence-corrected chi connectivity index (χ4v) is 3.70. The summed E-state index contributed by atoms with van der Waals surface area (Å²) in [6, 6.07) is 12.4. The summed E-state index contributed by atoms with van der Waals surface area (Å²) in [5, 5.41) is 25.1. The van der Waals surface area contributed by atoms with Gasteiger partial charge in [-0.1, -0.05) is 29.8 Å². The summed E-state index contributed by atoms with van der Waals surface area (Å²) in [7, 11) is 0. The SMILES string of the molecule is CCOC(=O)COc1ccc2c(c1)C(O)C(NC[C@H](O)c1cccc(Cl)c1)CC2.Cl. The molecule has 1 aliphatic rings. The van der Waals surface area contributed by atoms with Crippen LogP contribution >= 0.6 is 24.0 Å². The third-order valence-corrected chi connectivity index (χ3v) is 5.25. The second-order valence-electron chi connectivity index (χ2n) is 7.02. The van der Waals surface area contributed by atoms with Crippen LogP contribution in [0.25, 0.3) is 0 Å². The lowest BCUT2D eigenvalue weighted by Gasteiger charge is -2.32. The van der Waals surface area contributed by atoms with Crippen LogP contribution in [0, 0.1) is 0 Å². The van der Waals surface area contributed by atoms with Crippen molar-refractivity contribution in [3.63, 3.8) is 0 Å². The van der Waals surface area contributed by atoms with E-state index in [2.05, 4.69) is 5.32 Å². The number of carbonyl (C=O) groups excluding carboxylic acids is 1. The van der Waals surface area contributed by atoms with Crippen LogP contribution in [0.2, 0.25) is 5.02 Å². The van der Waals surface area contributed by atoms with E-state index >= 15 is 0 Å². The standard InChI is InChI=1S/C22H26ClNO5.ClH/c1-2-28-21(26)13-29-17-8-6-14-7-9-19(22(27)18(14)11-17)24-12-20(25)15-4-3-5-16(23)10-15;/h3-6,8,10-11,19-20,22,24-25,27H,2,7,9,12-13H2,1H3;1H/t19?,20-,22?;/m0./s1. The number of ether oxygens (including phenoxy) is 2. The Hall–Kier alpha value is -1.83. The maximum atomic E-state index is 11.5. The number of aliphatic hydroxyl groups is 2. The minimum atomic E-state index is -0.739. The van der Waals surface area contributed by atoms with Gasteiger partial charge in [0, 0.05) is 17.6 Å². The first-order valence-electron chi connectivity index (χ1n) is 9.74. The molecular weight excluding hydrogens is 429 g/mol. The van der Waals surface area contributed by atoms with Gasteiger partial charge in [0.15, 0.2) is 6.61 Å². The highest BCUT2D eigenvalue weighted by Gasteiger charge is 2.28. The van der Waals surface area contributed by atoms with Crippen molar-refractivity contribution in [2.45, 2.75) is 38.0 Å². The maximum Gasteiger partial charge on any atom is 0.344 e. The predicted octanol–water partition coefficient (Wildman–Crippen LogP) is 3.38. The summed E-state index contributed by atoms with van der Waals surface area (Å²) in [6.45, 7) is 2.18. The van der Waals surface area contributed by atoms with Crippen LogP contribution < -0.4 is 10.1 Å². The van der Waals surface area contributed by atoms with Crippen molar-refractivity contribution in [3.8, 4) is 5.75 Å². The second-order valence-corrected chi connectivity index (χ2v) is 7.46.